The lowest BCUT2D eigenvalue weighted by Gasteiger charge is -2.25. The summed E-state index contributed by atoms with van der Waals surface area (Å²) >= 11 is 0. The van der Waals surface area contributed by atoms with Gasteiger partial charge in [0.2, 0.25) is 0 Å². The van der Waals surface area contributed by atoms with Crippen molar-refractivity contribution >= 4 is 11.9 Å². The number of phenols is 1. The summed E-state index contributed by atoms with van der Waals surface area (Å²) in [5.74, 6) is -0.505. The van der Waals surface area contributed by atoms with Gasteiger partial charge in [0.1, 0.15) is 24.4 Å². The molecule has 0 unspecified atom stereocenters. The van der Waals surface area contributed by atoms with Crippen molar-refractivity contribution in [3.63, 3.8) is 0 Å². The Morgan fingerprint density at radius 3 is 2.23 bits per heavy atom. The molecule has 0 aliphatic rings. The molecule has 0 saturated heterocycles. The molecule has 0 aromatic heterocycles. The first-order valence-electron chi connectivity index (χ1n) is 10.3. The van der Waals surface area contributed by atoms with Crippen LogP contribution in [-0.4, -0.2) is 35.7 Å². The van der Waals surface area contributed by atoms with Crippen LogP contribution in [0.5, 0.6) is 5.75 Å². The number of aromatic hydroxyl groups is 1. The van der Waals surface area contributed by atoms with E-state index in [9.17, 15) is 14.7 Å². The number of hydrogen-bond acceptors (Lipinski definition) is 6. The summed E-state index contributed by atoms with van der Waals surface area (Å²) in [6.07, 6.45) is 0.803. The Kier molecular flexibility index (Phi) is 9.35. The molecule has 0 aliphatic carbocycles. The normalized spacial score (nSPS) is 12.9. The van der Waals surface area contributed by atoms with Crippen molar-refractivity contribution in [2.24, 2.45) is 5.92 Å². The Morgan fingerprint density at radius 1 is 0.933 bits per heavy atom. The summed E-state index contributed by atoms with van der Waals surface area (Å²) in [7, 11) is 0. The van der Waals surface area contributed by atoms with Crippen molar-refractivity contribution < 1.29 is 24.2 Å². The number of nitrogens with one attached hydrogen (secondary N) is 1. The van der Waals surface area contributed by atoms with Gasteiger partial charge in [-0.25, -0.2) is 0 Å². The van der Waals surface area contributed by atoms with Crippen LogP contribution in [0.1, 0.15) is 38.3 Å². The molecule has 2 aromatic rings. The van der Waals surface area contributed by atoms with Crippen LogP contribution in [0.2, 0.25) is 0 Å². The highest BCUT2D eigenvalue weighted by molar-refractivity contribution is 5.80. The van der Waals surface area contributed by atoms with Gasteiger partial charge in [0, 0.05) is 0 Å². The highest BCUT2D eigenvalue weighted by Crippen LogP contribution is 2.15. The predicted octanol–water partition coefficient (Wildman–Crippen LogP) is 3.61. The van der Waals surface area contributed by atoms with Gasteiger partial charge in [-0.05, 0) is 48.9 Å². The molecule has 0 spiro atoms. The van der Waals surface area contributed by atoms with Gasteiger partial charge in [0.25, 0.3) is 0 Å². The molecular formula is C24H31NO5. The first kappa shape index (κ1) is 23.4. The van der Waals surface area contributed by atoms with Gasteiger partial charge < -0.3 is 14.6 Å². The molecule has 0 bridgehead atoms. The Labute approximate surface area is 178 Å². The summed E-state index contributed by atoms with van der Waals surface area (Å²) in [6, 6.07) is 14.8. The van der Waals surface area contributed by atoms with Gasteiger partial charge in [-0.1, -0.05) is 56.3 Å². The van der Waals surface area contributed by atoms with E-state index in [0.717, 1.165) is 11.1 Å². The molecule has 6 nitrogen and oxygen atoms in total. The monoisotopic (exact) mass is 413 g/mol. The largest absolute Gasteiger partial charge is 0.508 e. The van der Waals surface area contributed by atoms with E-state index < -0.39 is 24.0 Å². The maximum Gasteiger partial charge on any atom is 0.323 e. The molecule has 30 heavy (non-hydrogen) atoms. The van der Waals surface area contributed by atoms with E-state index in [0.29, 0.717) is 6.42 Å². The lowest BCUT2D eigenvalue weighted by atomic mass is 10.0. The first-order valence-corrected chi connectivity index (χ1v) is 10.3. The van der Waals surface area contributed by atoms with Crippen molar-refractivity contribution in [2.75, 3.05) is 6.61 Å². The molecule has 2 atom stereocenters. The summed E-state index contributed by atoms with van der Waals surface area (Å²) < 4.78 is 10.7. The third kappa shape index (κ3) is 7.87. The quantitative estimate of drug-likeness (QED) is 0.548. The van der Waals surface area contributed by atoms with Gasteiger partial charge >= 0.3 is 11.9 Å². The van der Waals surface area contributed by atoms with Crippen LogP contribution in [0.3, 0.4) is 0 Å². The summed E-state index contributed by atoms with van der Waals surface area (Å²) in [6.45, 7) is 6.17. The zero-order valence-corrected chi connectivity index (χ0v) is 17.8. The van der Waals surface area contributed by atoms with Crippen LogP contribution in [-0.2, 0) is 32.1 Å². The number of ether oxygens (including phenoxy) is 2. The van der Waals surface area contributed by atoms with Crippen LogP contribution < -0.4 is 5.32 Å². The Bertz CT molecular complexity index is 806. The molecule has 0 amide bonds. The average molecular weight is 414 g/mol. The molecule has 6 heteroatoms. The molecule has 0 heterocycles. The summed E-state index contributed by atoms with van der Waals surface area (Å²) in [4.78, 5) is 25.4. The second-order valence-corrected chi connectivity index (χ2v) is 7.62. The molecular weight excluding hydrogens is 382 g/mol. The number of benzene rings is 2. The molecule has 162 valence electrons. The Balaban J connectivity index is 2.12. The molecule has 0 aliphatic heterocycles. The fraction of sp³-hybridized carbons (Fsp3) is 0.417. The van der Waals surface area contributed by atoms with Gasteiger partial charge in [-0.2, -0.15) is 0 Å². The van der Waals surface area contributed by atoms with Gasteiger partial charge in [0.15, 0.2) is 0 Å². The fourth-order valence-corrected chi connectivity index (χ4v) is 3.15. The number of phenolic OH excluding ortho intramolecular Hbond substituents is 1. The number of carbonyl (C=O) groups is 2. The van der Waals surface area contributed by atoms with E-state index in [4.69, 9.17) is 9.47 Å². The maximum absolute atomic E-state index is 12.8. The third-order valence-corrected chi connectivity index (χ3v) is 4.54. The minimum absolute atomic E-state index is 0.121. The SMILES string of the molecule is CCOC(=O)[C@H](Cc1cccc(O)c1)N[C@@H](CC(C)C)C(=O)OCc1ccccc1. The number of rotatable bonds is 11. The van der Waals surface area contributed by atoms with E-state index in [-0.39, 0.29) is 31.3 Å². The van der Waals surface area contributed by atoms with Crippen molar-refractivity contribution in [1.29, 1.82) is 0 Å². The van der Waals surface area contributed by atoms with Gasteiger partial charge in [0.05, 0.1) is 6.61 Å². The molecule has 2 rings (SSSR count). The highest BCUT2D eigenvalue weighted by Gasteiger charge is 2.29. The fourth-order valence-electron chi connectivity index (χ4n) is 3.15. The van der Waals surface area contributed by atoms with E-state index in [1.165, 1.54) is 0 Å². The maximum atomic E-state index is 12.8. The van der Waals surface area contributed by atoms with Crippen molar-refractivity contribution in [3.05, 3.63) is 65.7 Å². The van der Waals surface area contributed by atoms with Crippen LogP contribution in [0.4, 0.5) is 0 Å². The van der Waals surface area contributed by atoms with Gasteiger partial charge in [-0.3, -0.25) is 14.9 Å². The molecule has 2 N–H and O–H groups in total. The standard InChI is InChI=1S/C24H31NO5/c1-4-29-23(27)22(15-19-11-8-12-20(26)14-19)25-21(13-17(2)3)24(28)30-16-18-9-6-5-7-10-18/h5-12,14,17,21-22,25-26H,4,13,15-16H2,1-3H3/t21-,22-/m0/s1. The molecule has 0 radical (unpaired) electrons. The zero-order chi connectivity index (χ0) is 21.9. The second-order valence-electron chi connectivity index (χ2n) is 7.62. The Morgan fingerprint density at radius 2 is 1.60 bits per heavy atom. The predicted molar refractivity (Wildman–Crippen MR) is 115 cm³/mol. The van der Waals surface area contributed by atoms with Crippen LogP contribution in [0.25, 0.3) is 0 Å². The second kappa shape index (κ2) is 12.0. The van der Waals surface area contributed by atoms with Crippen LogP contribution >= 0.6 is 0 Å². The van der Waals surface area contributed by atoms with E-state index in [1.807, 2.05) is 50.2 Å². The summed E-state index contributed by atoms with van der Waals surface area (Å²) in [5, 5.41) is 12.9. The van der Waals surface area contributed by atoms with Gasteiger partial charge in [-0.15, -0.1) is 0 Å². The van der Waals surface area contributed by atoms with E-state index in [2.05, 4.69) is 5.32 Å². The molecule has 0 saturated carbocycles. The molecule has 2 aromatic carbocycles. The minimum atomic E-state index is -0.736. The number of carbonyl (C=O) groups excluding carboxylic acids is 2. The number of esters is 2. The Hall–Kier alpha value is -2.86. The van der Waals surface area contributed by atoms with Crippen molar-refractivity contribution in [3.8, 4) is 5.75 Å². The van der Waals surface area contributed by atoms with Crippen LogP contribution in [0.15, 0.2) is 54.6 Å². The minimum Gasteiger partial charge on any atom is -0.508 e. The summed E-state index contributed by atoms with van der Waals surface area (Å²) in [5.41, 5.74) is 1.66. The highest BCUT2D eigenvalue weighted by atomic mass is 16.5. The average Bonchev–Trinajstić information content (AvgIpc) is 2.71. The third-order valence-electron chi connectivity index (χ3n) is 4.54. The van der Waals surface area contributed by atoms with Crippen molar-refractivity contribution in [1.82, 2.24) is 5.32 Å². The number of hydrogen-bond donors (Lipinski definition) is 2. The van der Waals surface area contributed by atoms with Crippen molar-refractivity contribution in [2.45, 2.75) is 52.3 Å². The topological polar surface area (TPSA) is 84.9 Å². The van der Waals surface area contributed by atoms with Crippen LogP contribution in [0, 0.1) is 5.92 Å². The lowest BCUT2D eigenvalue weighted by molar-refractivity contribution is -0.150. The molecule has 0 fully saturated rings. The van der Waals surface area contributed by atoms with E-state index >= 15 is 0 Å². The lowest BCUT2D eigenvalue weighted by Crippen LogP contribution is -2.50. The first-order chi connectivity index (χ1) is 14.4. The van der Waals surface area contributed by atoms with E-state index in [1.54, 1.807) is 25.1 Å². The zero-order valence-electron chi connectivity index (χ0n) is 17.8. The smallest absolute Gasteiger partial charge is 0.323 e.